The van der Waals surface area contributed by atoms with Crippen LogP contribution in [0.25, 0.3) is 0 Å². The molecule has 1 rings (SSSR count). The fraction of sp³-hybridized carbons (Fsp3) is 0. The Bertz CT molecular complexity index is 73.5. The minimum absolute atomic E-state index is 0.195. The Kier molecular flexibility index (Phi) is 1.55. The zero-order chi connectivity index (χ0) is 4.24. The van der Waals surface area contributed by atoms with Gasteiger partial charge in [0.1, 0.15) is 0 Å². The van der Waals surface area contributed by atoms with Gasteiger partial charge in [-0.05, 0) is 0 Å². The number of allylic oxidation sites excluding steroid dienone is 2. The van der Waals surface area contributed by atoms with Gasteiger partial charge < -0.3 is 0 Å². The van der Waals surface area contributed by atoms with Crippen LogP contribution in [-0.2, 0) is 3.07 Å². The molecule has 2 heteroatoms. The Labute approximate surface area is 47.5 Å². The van der Waals surface area contributed by atoms with E-state index >= 15 is 0 Å². The van der Waals surface area contributed by atoms with E-state index in [4.69, 9.17) is 3.07 Å². The van der Waals surface area contributed by atoms with Gasteiger partial charge in [-0.2, -0.15) is 0 Å². The molecule has 1 aliphatic heterocycles. The van der Waals surface area contributed by atoms with Gasteiger partial charge in [0.15, 0.2) is 0 Å². The van der Waals surface area contributed by atoms with E-state index in [1.165, 1.54) is 0 Å². The second-order valence-corrected chi connectivity index (χ2v) is 2.72. The molecule has 0 aromatic rings. The summed E-state index contributed by atoms with van der Waals surface area (Å²) in [4.78, 5) is 0. The van der Waals surface area contributed by atoms with Gasteiger partial charge in [-0.3, -0.25) is 0 Å². The summed E-state index contributed by atoms with van der Waals surface area (Å²) in [5, 5.41) is 0. The molecule has 0 amide bonds. The molecule has 0 radical (unpaired) electrons. The summed E-state index contributed by atoms with van der Waals surface area (Å²) in [5.41, 5.74) is 0. The Morgan fingerprint density at radius 2 is 2.33 bits per heavy atom. The van der Waals surface area contributed by atoms with Crippen LogP contribution >= 0.6 is 21.6 Å². The van der Waals surface area contributed by atoms with Crippen LogP contribution in [0, 0.1) is 0 Å². The van der Waals surface area contributed by atoms with Crippen LogP contribution < -0.4 is 0 Å². The zero-order valence-corrected chi connectivity index (χ0v) is 5.46. The SMILES string of the molecule is C1=CO[IH]C=C1. The van der Waals surface area contributed by atoms with Crippen molar-refractivity contribution in [1.29, 1.82) is 0 Å². The maximum atomic E-state index is 4.93. The van der Waals surface area contributed by atoms with Crippen molar-refractivity contribution in [3.63, 3.8) is 0 Å². The van der Waals surface area contributed by atoms with Crippen molar-refractivity contribution >= 4 is 21.6 Å². The third-order valence-electron chi connectivity index (χ3n) is 0.435. The summed E-state index contributed by atoms with van der Waals surface area (Å²) < 4.78 is 7.02. The molecule has 1 aliphatic rings. The van der Waals surface area contributed by atoms with Gasteiger partial charge in [0.2, 0.25) is 0 Å². The van der Waals surface area contributed by atoms with E-state index in [0.29, 0.717) is 0 Å². The van der Waals surface area contributed by atoms with E-state index in [2.05, 4.69) is 4.08 Å². The molecule has 0 unspecified atom stereocenters. The summed E-state index contributed by atoms with van der Waals surface area (Å²) in [6.07, 6.45) is 5.65. The normalized spacial score (nSPS) is 18.7. The summed E-state index contributed by atoms with van der Waals surface area (Å²) in [5.74, 6) is 0. The summed E-state index contributed by atoms with van der Waals surface area (Å²) in [6, 6.07) is 0. The van der Waals surface area contributed by atoms with Crippen LogP contribution in [0.2, 0.25) is 0 Å². The molecule has 1 nitrogen and oxygen atoms in total. The van der Waals surface area contributed by atoms with Gasteiger partial charge in [0.25, 0.3) is 0 Å². The van der Waals surface area contributed by atoms with E-state index < -0.39 is 0 Å². The third kappa shape index (κ3) is 1.01. The van der Waals surface area contributed by atoms with Crippen LogP contribution in [0.3, 0.4) is 0 Å². The summed E-state index contributed by atoms with van der Waals surface area (Å²) in [7, 11) is 0. The van der Waals surface area contributed by atoms with Crippen LogP contribution in [0.1, 0.15) is 0 Å². The van der Waals surface area contributed by atoms with Gasteiger partial charge in [0, 0.05) is 0 Å². The van der Waals surface area contributed by atoms with Crippen molar-refractivity contribution in [2.24, 2.45) is 0 Å². The fourth-order valence-corrected chi connectivity index (χ4v) is 1.21. The first-order valence-corrected chi connectivity index (χ1v) is 3.93. The Hall–Kier alpha value is 0.01000. The average Bonchev–Trinajstić information content (AvgIpc) is 1.72. The number of hydrogen-bond acceptors (Lipinski definition) is 1. The molecule has 0 saturated carbocycles. The Balaban J connectivity index is 2.46. The molecule has 6 heavy (non-hydrogen) atoms. The average molecular weight is 196 g/mol. The number of rotatable bonds is 0. The molecular weight excluding hydrogens is 191 g/mol. The van der Waals surface area contributed by atoms with Crippen LogP contribution in [-0.4, -0.2) is 0 Å². The number of hydrogen-bond donors (Lipinski definition) is 0. The fourth-order valence-electron chi connectivity index (χ4n) is 0.219. The van der Waals surface area contributed by atoms with E-state index in [9.17, 15) is 0 Å². The molecule has 0 N–H and O–H groups in total. The van der Waals surface area contributed by atoms with Crippen LogP contribution in [0.5, 0.6) is 0 Å². The van der Waals surface area contributed by atoms with Crippen molar-refractivity contribution in [1.82, 2.24) is 0 Å². The van der Waals surface area contributed by atoms with Crippen molar-refractivity contribution in [3.05, 3.63) is 22.5 Å². The molecule has 0 aliphatic carbocycles. The molecule has 34 valence electrons. The molecule has 0 saturated heterocycles. The van der Waals surface area contributed by atoms with Gasteiger partial charge in [-0.1, -0.05) is 0 Å². The summed E-state index contributed by atoms with van der Waals surface area (Å²) in [6.45, 7) is 0. The summed E-state index contributed by atoms with van der Waals surface area (Å²) >= 11 is -0.195. The quantitative estimate of drug-likeness (QED) is 0.535. The van der Waals surface area contributed by atoms with Gasteiger partial charge in [-0.15, -0.1) is 0 Å². The second-order valence-electron chi connectivity index (χ2n) is 0.850. The van der Waals surface area contributed by atoms with Gasteiger partial charge >= 0.3 is 47.2 Å². The Morgan fingerprint density at radius 1 is 1.33 bits per heavy atom. The standard InChI is InChI=1S/C4H5IO/c1-2-4-6-5-3-1/h1-5H. The molecule has 0 spiro atoms. The van der Waals surface area contributed by atoms with Crippen LogP contribution in [0.4, 0.5) is 0 Å². The van der Waals surface area contributed by atoms with Crippen molar-refractivity contribution in [2.45, 2.75) is 0 Å². The Morgan fingerprint density at radius 3 is 2.50 bits per heavy atom. The first kappa shape index (κ1) is 4.18. The molecule has 0 fully saturated rings. The zero-order valence-electron chi connectivity index (χ0n) is 3.13. The predicted molar refractivity (Wildman–Crippen MR) is 34.8 cm³/mol. The third-order valence-corrected chi connectivity index (χ3v) is 1.83. The van der Waals surface area contributed by atoms with Crippen molar-refractivity contribution < 1.29 is 3.07 Å². The monoisotopic (exact) mass is 196 g/mol. The first-order chi connectivity index (χ1) is 3.00. The van der Waals surface area contributed by atoms with E-state index in [1.54, 1.807) is 6.26 Å². The van der Waals surface area contributed by atoms with Crippen molar-refractivity contribution in [3.8, 4) is 0 Å². The minimum atomic E-state index is -0.195. The molecular formula is C4H5IO. The van der Waals surface area contributed by atoms with E-state index in [0.717, 1.165) is 0 Å². The van der Waals surface area contributed by atoms with E-state index in [-0.39, 0.29) is 21.6 Å². The van der Waals surface area contributed by atoms with Crippen LogP contribution in [0.15, 0.2) is 22.5 Å². The van der Waals surface area contributed by atoms with Gasteiger partial charge in [0.05, 0.1) is 0 Å². The van der Waals surface area contributed by atoms with Gasteiger partial charge in [-0.25, -0.2) is 0 Å². The predicted octanol–water partition coefficient (Wildman–Crippen LogP) is 1.66. The molecule has 1 heterocycles. The topological polar surface area (TPSA) is 9.23 Å². The maximum absolute atomic E-state index is 4.93. The molecule has 0 bridgehead atoms. The van der Waals surface area contributed by atoms with E-state index in [1.807, 2.05) is 12.2 Å². The van der Waals surface area contributed by atoms with Crippen molar-refractivity contribution in [2.75, 3.05) is 0 Å². The number of halogens is 1. The second kappa shape index (κ2) is 2.23. The first-order valence-electron chi connectivity index (χ1n) is 1.64. The molecule has 0 atom stereocenters. The molecule has 0 aromatic carbocycles. The molecule has 0 aromatic heterocycles.